The fraction of sp³-hybridized carbons (Fsp3) is 0.250. The molecule has 0 fully saturated rings. The lowest BCUT2D eigenvalue weighted by Crippen LogP contribution is -2.54. The molecule has 0 radical (unpaired) electrons. The summed E-state index contributed by atoms with van der Waals surface area (Å²) in [5.41, 5.74) is 3.58. The number of rotatable bonds is 7. The average molecular weight is 487 g/mol. The van der Waals surface area contributed by atoms with Crippen LogP contribution in [-0.2, 0) is 34.5 Å². The standard InChI is InChI=1S/C28H27ClN4O2/c1-2-35-27(34)28(17-21-11-5-3-6-12-21)20-32(23-14-7-4-8-15-23)19-25-26(28)33(31-30-25)18-22-13-9-10-16-24(22)29/h3-16H,2,17-20H2,1H3. The first-order valence-corrected chi connectivity index (χ1v) is 12.2. The Morgan fingerprint density at radius 2 is 1.69 bits per heavy atom. The number of aromatic nitrogens is 3. The molecule has 5 rings (SSSR count). The highest BCUT2D eigenvalue weighted by atomic mass is 35.5. The second-order valence-corrected chi connectivity index (χ2v) is 9.20. The number of halogens is 1. The van der Waals surface area contributed by atoms with Crippen LogP contribution < -0.4 is 4.90 Å². The highest BCUT2D eigenvalue weighted by Gasteiger charge is 2.51. The van der Waals surface area contributed by atoms with Gasteiger partial charge in [-0.15, -0.1) is 5.10 Å². The van der Waals surface area contributed by atoms with Gasteiger partial charge in [0.05, 0.1) is 25.4 Å². The molecule has 0 bridgehead atoms. The van der Waals surface area contributed by atoms with E-state index in [2.05, 4.69) is 27.3 Å². The lowest BCUT2D eigenvalue weighted by Gasteiger charge is -2.41. The monoisotopic (exact) mass is 486 g/mol. The highest BCUT2D eigenvalue weighted by Crippen LogP contribution is 2.39. The first-order valence-electron chi connectivity index (χ1n) is 11.8. The van der Waals surface area contributed by atoms with Crippen molar-refractivity contribution >= 4 is 23.3 Å². The zero-order valence-electron chi connectivity index (χ0n) is 19.6. The summed E-state index contributed by atoms with van der Waals surface area (Å²) in [7, 11) is 0. The fourth-order valence-electron chi connectivity index (χ4n) is 4.92. The third kappa shape index (κ3) is 4.54. The van der Waals surface area contributed by atoms with Crippen LogP contribution in [0.1, 0.15) is 29.4 Å². The highest BCUT2D eigenvalue weighted by molar-refractivity contribution is 6.31. The van der Waals surface area contributed by atoms with Crippen molar-refractivity contribution in [3.8, 4) is 0 Å². The van der Waals surface area contributed by atoms with E-state index >= 15 is 0 Å². The number of fused-ring (bicyclic) bond motifs is 1. The minimum atomic E-state index is -0.994. The predicted octanol–water partition coefficient (Wildman–Crippen LogP) is 5.04. The Morgan fingerprint density at radius 3 is 2.40 bits per heavy atom. The van der Waals surface area contributed by atoms with E-state index in [1.807, 2.05) is 84.4 Å². The maximum Gasteiger partial charge on any atom is 0.320 e. The molecule has 1 aliphatic heterocycles. The number of ether oxygens (including phenoxy) is 1. The van der Waals surface area contributed by atoms with Gasteiger partial charge in [0, 0.05) is 17.3 Å². The van der Waals surface area contributed by atoms with Crippen molar-refractivity contribution < 1.29 is 9.53 Å². The van der Waals surface area contributed by atoms with Gasteiger partial charge >= 0.3 is 5.97 Å². The van der Waals surface area contributed by atoms with E-state index in [4.69, 9.17) is 16.3 Å². The first-order chi connectivity index (χ1) is 17.1. The molecule has 1 aromatic heterocycles. The van der Waals surface area contributed by atoms with E-state index in [-0.39, 0.29) is 5.97 Å². The Bertz CT molecular complexity index is 1310. The molecule has 1 atom stereocenters. The van der Waals surface area contributed by atoms with Crippen molar-refractivity contribution in [2.24, 2.45) is 0 Å². The fourth-order valence-corrected chi connectivity index (χ4v) is 5.12. The van der Waals surface area contributed by atoms with Crippen LogP contribution in [0.3, 0.4) is 0 Å². The summed E-state index contributed by atoms with van der Waals surface area (Å²) in [5.74, 6) is -0.270. The number of hydrogen-bond acceptors (Lipinski definition) is 5. The van der Waals surface area contributed by atoms with Gasteiger partial charge in [0.25, 0.3) is 0 Å². The van der Waals surface area contributed by atoms with E-state index in [0.717, 1.165) is 28.2 Å². The van der Waals surface area contributed by atoms with E-state index in [1.165, 1.54) is 0 Å². The Labute approximate surface area is 210 Å². The van der Waals surface area contributed by atoms with E-state index in [9.17, 15) is 4.79 Å². The molecule has 0 spiro atoms. The summed E-state index contributed by atoms with van der Waals surface area (Å²) >= 11 is 6.48. The molecule has 4 aromatic rings. The van der Waals surface area contributed by atoms with Crippen LogP contribution in [0.5, 0.6) is 0 Å². The van der Waals surface area contributed by atoms with Gasteiger partial charge in [0.2, 0.25) is 0 Å². The number of nitrogens with zero attached hydrogens (tertiary/aromatic N) is 4. The largest absolute Gasteiger partial charge is 0.465 e. The quantitative estimate of drug-likeness (QED) is 0.342. The molecule has 6 nitrogen and oxygen atoms in total. The molecule has 1 unspecified atom stereocenters. The van der Waals surface area contributed by atoms with Crippen LogP contribution in [0.2, 0.25) is 5.02 Å². The summed E-state index contributed by atoms with van der Waals surface area (Å²) in [6.45, 7) is 3.56. The zero-order chi connectivity index (χ0) is 24.3. The van der Waals surface area contributed by atoms with Crippen LogP contribution in [0, 0.1) is 0 Å². The molecule has 0 amide bonds. The maximum atomic E-state index is 13.9. The molecule has 0 saturated carbocycles. The third-order valence-electron chi connectivity index (χ3n) is 6.47. The summed E-state index contributed by atoms with van der Waals surface area (Å²) < 4.78 is 7.57. The second-order valence-electron chi connectivity index (χ2n) is 8.79. The summed E-state index contributed by atoms with van der Waals surface area (Å²) in [6, 6.07) is 27.8. The number of carbonyl (C=O) groups excluding carboxylic acids is 1. The zero-order valence-corrected chi connectivity index (χ0v) is 20.4. The second kappa shape index (κ2) is 9.92. The lowest BCUT2D eigenvalue weighted by molar-refractivity contribution is -0.150. The third-order valence-corrected chi connectivity index (χ3v) is 6.84. The van der Waals surface area contributed by atoms with Crippen LogP contribution >= 0.6 is 11.6 Å². The average Bonchev–Trinajstić information content (AvgIpc) is 3.30. The van der Waals surface area contributed by atoms with Crippen LogP contribution in [0.4, 0.5) is 5.69 Å². The van der Waals surface area contributed by atoms with Crippen molar-refractivity contribution in [2.45, 2.75) is 31.8 Å². The molecular formula is C28H27ClN4O2. The van der Waals surface area contributed by atoms with Crippen molar-refractivity contribution in [3.63, 3.8) is 0 Å². The minimum absolute atomic E-state index is 0.270. The SMILES string of the molecule is CCOC(=O)C1(Cc2ccccc2)CN(c2ccccc2)Cc2nnn(Cc3ccccc3Cl)c21. The molecule has 0 aliphatic carbocycles. The van der Waals surface area contributed by atoms with E-state index < -0.39 is 5.41 Å². The lowest BCUT2D eigenvalue weighted by atomic mass is 9.74. The van der Waals surface area contributed by atoms with Crippen molar-refractivity contribution in [1.82, 2.24) is 15.0 Å². The Balaban J connectivity index is 1.67. The number of anilines is 1. The Kier molecular flexibility index (Phi) is 6.55. The number of hydrogen-bond donors (Lipinski definition) is 0. The number of carbonyl (C=O) groups is 1. The number of para-hydroxylation sites is 1. The van der Waals surface area contributed by atoms with Crippen LogP contribution in [0.15, 0.2) is 84.9 Å². The van der Waals surface area contributed by atoms with Gasteiger partial charge in [-0.05, 0) is 42.7 Å². The molecule has 0 saturated heterocycles. The Morgan fingerprint density at radius 1 is 1.00 bits per heavy atom. The molecule has 7 heteroatoms. The van der Waals surface area contributed by atoms with Gasteiger partial charge in [0.15, 0.2) is 0 Å². The normalized spacial score (nSPS) is 17.1. The first kappa shape index (κ1) is 23.1. The topological polar surface area (TPSA) is 60.2 Å². The molecule has 3 aromatic carbocycles. The number of esters is 1. The maximum absolute atomic E-state index is 13.9. The van der Waals surface area contributed by atoms with Gasteiger partial charge in [-0.1, -0.05) is 83.5 Å². The van der Waals surface area contributed by atoms with Crippen molar-refractivity contribution in [1.29, 1.82) is 0 Å². The summed E-state index contributed by atoms with van der Waals surface area (Å²) in [4.78, 5) is 16.1. The molecule has 0 N–H and O–H groups in total. The van der Waals surface area contributed by atoms with E-state index in [0.29, 0.717) is 37.7 Å². The minimum Gasteiger partial charge on any atom is -0.465 e. The summed E-state index contributed by atoms with van der Waals surface area (Å²) in [6.07, 6.45) is 0.471. The van der Waals surface area contributed by atoms with Gasteiger partial charge < -0.3 is 9.64 Å². The predicted molar refractivity (Wildman–Crippen MR) is 137 cm³/mol. The van der Waals surface area contributed by atoms with Gasteiger partial charge in [0.1, 0.15) is 11.1 Å². The van der Waals surface area contributed by atoms with Crippen LogP contribution in [0.25, 0.3) is 0 Å². The van der Waals surface area contributed by atoms with Crippen molar-refractivity contribution in [3.05, 3.63) is 112 Å². The van der Waals surface area contributed by atoms with Crippen LogP contribution in [-0.4, -0.2) is 34.1 Å². The van der Waals surface area contributed by atoms with Gasteiger partial charge in [-0.2, -0.15) is 0 Å². The Hall–Kier alpha value is -3.64. The number of benzene rings is 3. The van der Waals surface area contributed by atoms with E-state index in [1.54, 1.807) is 0 Å². The molecule has 35 heavy (non-hydrogen) atoms. The molecular weight excluding hydrogens is 460 g/mol. The van der Waals surface area contributed by atoms with Gasteiger partial charge in [-0.25, -0.2) is 4.68 Å². The van der Waals surface area contributed by atoms with Crippen molar-refractivity contribution in [2.75, 3.05) is 18.1 Å². The molecule has 178 valence electrons. The smallest absolute Gasteiger partial charge is 0.320 e. The summed E-state index contributed by atoms with van der Waals surface area (Å²) in [5, 5.41) is 9.73. The molecule has 2 heterocycles. The van der Waals surface area contributed by atoms with Gasteiger partial charge in [-0.3, -0.25) is 4.79 Å². The molecule has 1 aliphatic rings.